The molecule has 0 unspecified atom stereocenters. The smallest absolute Gasteiger partial charge is 0.0594 e. The van der Waals surface area contributed by atoms with Crippen molar-refractivity contribution in [3.05, 3.63) is 22.4 Å². The van der Waals surface area contributed by atoms with Gasteiger partial charge in [0, 0.05) is 31.1 Å². The molecule has 0 spiro atoms. The summed E-state index contributed by atoms with van der Waals surface area (Å²) in [5.41, 5.74) is 0. The maximum Gasteiger partial charge on any atom is 0.0594 e. The summed E-state index contributed by atoms with van der Waals surface area (Å²) in [6.07, 6.45) is 3.98. The summed E-state index contributed by atoms with van der Waals surface area (Å²) in [4.78, 5) is 6.77. The number of hydrogen-bond acceptors (Lipinski definition) is 4. The molecule has 1 aromatic rings. The van der Waals surface area contributed by atoms with E-state index in [-0.39, 0.29) is 0 Å². The van der Waals surface area contributed by atoms with Crippen LogP contribution in [-0.4, -0.2) is 62.3 Å². The molecule has 2 saturated heterocycles. The normalized spacial score (nSPS) is 23.2. The van der Waals surface area contributed by atoms with Crippen LogP contribution in [0.3, 0.4) is 0 Å². The van der Waals surface area contributed by atoms with Gasteiger partial charge in [-0.05, 0) is 49.7 Å². The van der Waals surface area contributed by atoms with Gasteiger partial charge in [0.2, 0.25) is 0 Å². The molecule has 4 heteroatoms. The molecule has 0 radical (unpaired) electrons. The number of nitrogens with zero attached hydrogens (tertiary/aromatic N) is 2. The van der Waals surface area contributed by atoms with Crippen LogP contribution in [0, 0.1) is 5.92 Å². The van der Waals surface area contributed by atoms with Crippen LogP contribution in [0.4, 0.5) is 0 Å². The summed E-state index contributed by atoms with van der Waals surface area (Å²) in [5.74, 6) is 0.908. The molecule has 3 rings (SSSR count). The van der Waals surface area contributed by atoms with E-state index in [0.29, 0.717) is 0 Å². The van der Waals surface area contributed by atoms with Gasteiger partial charge in [0.1, 0.15) is 0 Å². The van der Waals surface area contributed by atoms with Gasteiger partial charge >= 0.3 is 0 Å². The molecule has 0 bridgehead atoms. The molecule has 0 aliphatic carbocycles. The van der Waals surface area contributed by atoms with Crippen molar-refractivity contribution in [2.75, 3.05) is 52.5 Å². The summed E-state index contributed by atoms with van der Waals surface area (Å²) in [6.45, 7) is 9.25. The first-order valence-electron chi connectivity index (χ1n) is 7.95. The molecule has 1 aromatic heterocycles. The topological polar surface area (TPSA) is 15.7 Å². The Kier molecular flexibility index (Phi) is 5.48. The maximum absolute atomic E-state index is 5.42. The molecule has 20 heavy (non-hydrogen) atoms. The molecule has 112 valence electrons. The van der Waals surface area contributed by atoms with Crippen molar-refractivity contribution in [2.45, 2.75) is 19.3 Å². The highest BCUT2D eigenvalue weighted by molar-refractivity contribution is 7.09. The first-order valence-corrected chi connectivity index (χ1v) is 8.83. The third-order valence-corrected chi connectivity index (χ3v) is 5.52. The average Bonchev–Trinajstić information content (AvgIpc) is 3.01. The molecule has 0 N–H and O–H groups in total. The Bertz CT molecular complexity index is 368. The summed E-state index contributed by atoms with van der Waals surface area (Å²) in [7, 11) is 0. The van der Waals surface area contributed by atoms with Crippen LogP contribution < -0.4 is 0 Å². The molecule has 2 fully saturated rings. The van der Waals surface area contributed by atoms with E-state index < -0.39 is 0 Å². The van der Waals surface area contributed by atoms with Crippen LogP contribution in [0.25, 0.3) is 0 Å². The summed E-state index contributed by atoms with van der Waals surface area (Å²) in [6, 6.07) is 4.42. The number of thiophene rings is 1. The van der Waals surface area contributed by atoms with Gasteiger partial charge in [-0.1, -0.05) is 6.07 Å². The Morgan fingerprint density at radius 2 is 1.90 bits per heavy atom. The van der Waals surface area contributed by atoms with E-state index in [1.165, 1.54) is 50.3 Å². The van der Waals surface area contributed by atoms with Gasteiger partial charge in [-0.15, -0.1) is 11.3 Å². The van der Waals surface area contributed by atoms with E-state index in [0.717, 1.165) is 32.2 Å². The van der Waals surface area contributed by atoms with Gasteiger partial charge in [-0.25, -0.2) is 0 Å². The molecule has 0 saturated carbocycles. The van der Waals surface area contributed by atoms with Crippen LogP contribution in [0.2, 0.25) is 0 Å². The number of morpholine rings is 1. The standard InChI is InChI=1S/C16H26N2OS/c1-2-16(20-13-1)5-8-17-6-3-15(4-7-17)14-18-9-11-19-12-10-18/h1-2,13,15H,3-12,14H2. The Labute approximate surface area is 126 Å². The van der Waals surface area contributed by atoms with Crippen molar-refractivity contribution < 1.29 is 4.74 Å². The largest absolute Gasteiger partial charge is 0.379 e. The molecule has 3 heterocycles. The Balaban J connectivity index is 1.34. The molecule has 2 aliphatic rings. The molecule has 3 nitrogen and oxygen atoms in total. The number of hydrogen-bond donors (Lipinski definition) is 0. The SMILES string of the molecule is c1csc(CCN2CCC(CN3CCOCC3)CC2)c1. The highest BCUT2D eigenvalue weighted by Crippen LogP contribution is 2.19. The van der Waals surface area contributed by atoms with E-state index in [9.17, 15) is 0 Å². The number of rotatable bonds is 5. The first kappa shape index (κ1) is 14.5. The van der Waals surface area contributed by atoms with Crippen LogP contribution in [0.5, 0.6) is 0 Å². The predicted molar refractivity (Wildman–Crippen MR) is 84.4 cm³/mol. The van der Waals surface area contributed by atoms with Crippen molar-refractivity contribution >= 4 is 11.3 Å². The fourth-order valence-electron chi connectivity index (χ4n) is 3.26. The van der Waals surface area contributed by atoms with Gasteiger partial charge in [0.15, 0.2) is 0 Å². The van der Waals surface area contributed by atoms with Gasteiger partial charge < -0.3 is 9.64 Å². The zero-order chi connectivity index (χ0) is 13.6. The first-order chi connectivity index (χ1) is 9.90. The quantitative estimate of drug-likeness (QED) is 0.829. The summed E-state index contributed by atoms with van der Waals surface area (Å²) < 4.78 is 5.42. The highest BCUT2D eigenvalue weighted by atomic mass is 32.1. The predicted octanol–water partition coefficient (Wildman–Crippen LogP) is 2.33. The Morgan fingerprint density at radius 1 is 1.10 bits per heavy atom. The second kappa shape index (κ2) is 7.55. The van der Waals surface area contributed by atoms with Crippen LogP contribution in [0.15, 0.2) is 17.5 Å². The molecule has 0 atom stereocenters. The van der Waals surface area contributed by atoms with E-state index >= 15 is 0 Å². The van der Waals surface area contributed by atoms with E-state index in [1.807, 2.05) is 11.3 Å². The Hall–Kier alpha value is -0.420. The van der Waals surface area contributed by atoms with Gasteiger partial charge in [-0.3, -0.25) is 4.90 Å². The molecule has 0 amide bonds. The lowest BCUT2D eigenvalue weighted by atomic mass is 9.96. The summed E-state index contributed by atoms with van der Waals surface area (Å²) >= 11 is 1.89. The second-order valence-corrected chi connectivity index (χ2v) is 7.06. The van der Waals surface area contributed by atoms with Gasteiger partial charge in [0.05, 0.1) is 13.2 Å². The highest BCUT2D eigenvalue weighted by Gasteiger charge is 2.22. The van der Waals surface area contributed by atoms with Crippen molar-refractivity contribution in [1.29, 1.82) is 0 Å². The monoisotopic (exact) mass is 294 g/mol. The third kappa shape index (κ3) is 4.29. The minimum absolute atomic E-state index is 0.908. The van der Waals surface area contributed by atoms with E-state index in [2.05, 4.69) is 27.3 Å². The van der Waals surface area contributed by atoms with Gasteiger partial charge in [0.25, 0.3) is 0 Å². The molecule has 2 aliphatic heterocycles. The molecular formula is C16H26N2OS. The molecular weight excluding hydrogens is 268 g/mol. The second-order valence-electron chi connectivity index (χ2n) is 6.03. The third-order valence-electron chi connectivity index (χ3n) is 4.58. The molecule has 0 aromatic carbocycles. The average molecular weight is 294 g/mol. The van der Waals surface area contributed by atoms with Crippen molar-refractivity contribution in [2.24, 2.45) is 5.92 Å². The number of piperidine rings is 1. The minimum Gasteiger partial charge on any atom is -0.379 e. The maximum atomic E-state index is 5.42. The van der Waals surface area contributed by atoms with Gasteiger partial charge in [-0.2, -0.15) is 0 Å². The van der Waals surface area contributed by atoms with Crippen LogP contribution in [-0.2, 0) is 11.2 Å². The van der Waals surface area contributed by atoms with Crippen molar-refractivity contribution in [3.8, 4) is 0 Å². The number of ether oxygens (including phenoxy) is 1. The van der Waals surface area contributed by atoms with Crippen LogP contribution in [0.1, 0.15) is 17.7 Å². The van der Waals surface area contributed by atoms with Crippen molar-refractivity contribution in [1.82, 2.24) is 9.80 Å². The fourth-order valence-corrected chi connectivity index (χ4v) is 3.96. The van der Waals surface area contributed by atoms with E-state index in [4.69, 9.17) is 4.74 Å². The van der Waals surface area contributed by atoms with Crippen molar-refractivity contribution in [3.63, 3.8) is 0 Å². The lowest BCUT2D eigenvalue weighted by molar-refractivity contribution is 0.0246. The summed E-state index contributed by atoms with van der Waals surface area (Å²) in [5, 5.41) is 2.18. The van der Waals surface area contributed by atoms with Crippen LogP contribution >= 0.6 is 11.3 Å². The zero-order valence-electron chi connectivity index (χ0n) is 12.3. The Morgan fingerprint density at radius 3 is 2.60 bits per heavy atom. The fraction of sp³-hybridized carbons (Fsp3) is 0.750. The zero-order valence-corrected chi connectivity index (χ0v) is 13.1. The lowest BCUT2D eigenvalue weighted by Gasteiger charge is -2.36. The minimum atomic E-state index is 0.908. The number of likely N-dealkylation sites (tertiary alicyclic amines) is 1. The van der Waals surface area contributed by atoms with E-state index in [1.54, 1.807) is 0 Å². The lowest BCUT2D eigenvalue weighted by Crippen LogP contribution is -2.43.